The van der Waals surface area contributed by atoms with Crippen molar-refractivity contribution in [1.82, 2.24) is 9.80 Å². The second kappa shape index (κ2) is 8.50. The van der Waals surface area contributed by atoms with E-state index in [1.54, 1.807) is 12.2 Å². The van der Waals surface area contributed by atoms with Gasteiger partial charge in [0.2, 0.25) is 5.91 Å². The van der Waals surface area contributed by atoms with Crippen LogP contribution < -0.4 is 0 Å². The number of carbonyl (C=O) groups is 1. The van der Waals surface area contributed by atoms with Crippen molar-refractivity contribution in [3.63, 3.8) is 0 Å². The molecule has 1 aliphatic carbocycles. The summed E-state index contributed by atoms with van der Waals surface area (Å²) in [5, 5.41) is 0.719. The average Bonchev–Trinajstić information content (AvgIpc) is 3.15. The van der Waals surface area contributed by atoms with E-state index in [0.29, 0.717) is 0 Å². The van der Waals surface area contributed by atoms with Crippen molar-refractivity contribution in [1.29, 1.82) is 0 Å². The summed E-state index contributed by atoms with van der Waals surface area (Å²) in [5.41, 5.74) is 0.960. The van der Waals surface area contributed by atoms with Crippen LogP contribution in [0.2, 0.25) is 5.02 Å². The third-order valence-electron chi connectivity index (χ3n) is 5.00. The normalized spacial score (nSPS) is 20.5. The lowest BCUT2D eigenvalue weighted by Gasteiger charge is -2.37. The average molecular weight is 345 g/mol. The first kappa shape index (κ1) is 17.2. The molecule has 1 aromatic rings. The topological polar surface area (TPSA) is 23.6 Å². The van der Waals surface area contributed by atoms with E-state index in [9.17, 15) is 4.79 Å². The van der Waals surface area contributed by atoms with Crippen LogP contribution in [-0.4, -0.2) is 47.9 Å². The third kappa shape index (κ3) is 4.49. The maximum atomic E-state index is 12.3. The van der Waals surface area contributed by atoms with Crippen LogP contribution in [0.3, 0.4) is 0 Å². The molecular weight excluding hydrogens is 320 g/mol. The number of nitrogens with zero attached hydrogens (tertiary/aromatic N) is 2. The van der Waals surface area contributed by atoms with E-state index in [1.807, 2.05) is 41.3 Å². The van der Waals surface area contributed by atoms with Crippen LogP contribution in [0, 0.1) is 0 Å². The molecule has 3 nitrogen and oxygen atoms in total. The van der Waals surface area contributed by atoms with Crippen molar-refractivity contribution in [3.05, 3.63) is 53.1 Å². The highest BCUT2D eigenvalue weighted by molar-refractivity contribution is 6.32. The fourth-order valence-electron chi connectivity index (χ4n) is 3.59. The number of amides is 1. The van der Waals surface area contributed by atoms with Gasteiger partial charge in [0.25, 0.3) is 0 Å². The number of halogens is 1. The zero-order chi connectivity index (χ0) is 16.8. The fraction of sp³-hybridized carbons (Fsp3) is 0.450. The number of carbonyl (C=O) groups excluding carboxylic acids is 1. The van der Waals surface area contributed by atoms with Crippen LogP contribution in [0.25, 0.3) is 6.08 Å². The Labute approximate surface area is 149 Å². The molecule has 0 spiro atoms. The van der Waals surface area contributed by atoms with Gasteiger partial charge in [-0.05, 0) is 24.5 Å². The summed E-state index contributed by atoms with van der Waals surface area (Å²) in [6.45, 7) is 3.71. The van der Waals surface area contributed by atoms with Gasteiger partial charge in [-0.15, -0.1) is 0 Å². The lowest BCUT2D eigenvalue weighted by atomic mass is 10.2. The molecule has 0 unspecified atom stereocenters. The molecule has 1 aromatic carbocycles. The lowest BCUT2D eigenvalue weighted by Crippen LogP contribution is -2.51. The molecule has 24 heavy (non-hydrogen) atoms. The Morgan fingerprint density at radius 3 is 2.46 bits per heavy atom. The quantitative estimate of drug-likeness (QED) is 0.609. The number of hydrogen-bond acceptors (Lipinski definition) is 2. The second-order valence-electron chi connectivity index (χ2n) is 6.54. The van der Waals surface area contributed by atoms with Gasteiger partial charge < -0.3 is 4.90 Å². The number of allylic oxidation sites excluding steroid dienone is 2. The highest BCUT2D eigenvalue weighted by Crippen LogP contribution is 2.24. The maximum absolute atomic E-state index is 12.3. The number of rotatable bonds is 4. The van der Waals surface area contributed by atoms with Gasteiger partial charge >= 0.3 is 0 Å². The van der Waals surface area contributed by atoms with Gasteiger partial charge in [0.1, 0.15) is 0 Å². The van der Waals surface area contributed by atoms with Crippen molar-refractivity contribution in [2.75, 3.05) is 26.2 Å². The predicted octanol–water partition coefficient (Wildman–Crippen LogP) is 4.00. The van der Waals surface area contributed by atoms with Gasteiger partial charge in [0, 0.05) is 43.3 Å². The summed E-state index contributed by atoms with van der Waals surface area (Å²) < 4.78 is 0. The van der Waals surface area contributed by atoms with Crippen LogP contribution >= 0.6 is 11.6 Å². The summed E-state index contributed by atoms with van der Waals surface area (Å²) in [6, 6.07) is 8.43. The fourth-order valence-corrected chi connectivity index (χ4v) is 3.79. The van der Waals surface area contributed by atoms with E-state index in [0.717, 1.165) is 42.8 Å². The van der Waals surface area contributed by atoms with Gasteiger partial charge in [-0.1, -0.05) is 60.9 Å². The Balaban J connectivity index is 1.46. The minimum atomic E-state index is 0.102. The van der Waals surface area contributed by atoms with E-state index in [-0.39, 0.29) is 5.91 Å². The molecule has 0 atom stereocenters. The van der Waals surface area contributed by atoms with Crippen LogP contribution in [0.4, 0.5) is 0 Å². The highest BCUT2D eigenvalue weighted by atomic mass is 35.5. The molecule has 1 saturated heterocycles. The molecule has 4 heteroatoms. The third-order valence-corrected chi connectivity index (χ3v) is 5.34. The minimum Gasteiger partial charge on any atom is -0.337 e. The summed E-state index contributed by atoms with van der Waals surface area (Å²) in [6.07, 6.45) is 12.6. The molecule has 2 fully saturated rings. The Hall–Kier alpha value is -1.58. The maximum Gasteiger partial charge on any atom is 0.246 e. The van der Waals surface area contributed by atoms with E-state index in [4.69, 9.17) is 11.6 Å². The molecule has 128 valence electrons. The Morgan fingerprint density at radius 1 is 1.04 bits per heavy atom. The van der Waals surface area contributed by atoms with Gasteiger partial charge in [0.15, 0.2) is 0 Å². The summed E-state index contributed by atoms with van der Waals surface area (Å²) in [4.78, 5) is 16.8. The number of hydrogen-bond donors (Lipinski definition) is 0. The molecule has 1 saturated carbocycles. The van der Waals surface area contributed by atoms with E-state index in [2.05, 4.69) is 4.90 Å². The number of piperazine rings is 1. The van der Waals surface area contributed by atoms with Crippen molar-refractivity contribution >= 4 is 23.6 Å². The first-order chi connectivity index (χ1) is 11.7. The summed E-state index contributed by atoms with van der Waals surface area (Å²) >= 11 is 6.10. The highest BCUT2D eigenvalue weighted by Gasteiger charge is 2.26. The molecule has 1 aliphatic heterocycles. The van der Waals surface area contributed by atoms with Gasteiger partial charge in [-0.2, -0.15) is 0 Å². The Morgan fingerprint density at radius 2 is 1.75 bits per heavy atom. The van der Waals surface area contributed by atoms with Gasteiger partial charge in [0.05, 0.1) is 0 Å². The molecule has 2 aliphatic rings. The largest absolute Gasteiger partial charge is 0.337 e. The molecule has 0 radical (unpaired) electrons. The van der Waals surface area contributed by atoms with Crippen molar-refractivity contribution in [3.8, 4) is 0 Å². The zero-order valence-electron chi connectivity index (χ0n) is 14.0. The second-order valence-corrected chi connectivity index (χ2v) is 6.95. The smallest absolute Gasteiger partial charge is 0.246 e. The summed E-state index contributed by atoms with van der Waals surface area (Å²) in [5.74, 6) is 0.102. The molecule has 0 aromatic heterocycles. The van der Waals surface area contributed by atoms with Gasteiger partial charge in [-0.3, -0.25) is 9.69 Å². The molecule has 0 N–H and O–H groups in total. The van der Waals surface area contributed by atoms with E-state index >= 15 is 0 Å². The zero-order valence-corrected chi connectivity index (χ0v) is 14.8. The summed E-state index contributed by atoms with van der Waals surface area (Å²) in [7, 11) is 0. The molecular formula is C20H25ClN2O. The van der Waals surface area contributed by atoms with Crippen LogP contribution in [0.15, 0.2) is 42.5 Å². The SMILES string of the molecule is O=C(C=CC=Cc1ccccc1Cl)N1CCN(C2CCCC2)CC1. The Bertz CT molecular complexity index is 612. The Kier molecular flexibility index (Phi) is 6.11. The minimum absolute atomic E-state index is 0.102. The molecule has 1 heterocycles. The predicted molar refractivity (Wildman–Crippen MR) is 100 cm³/mol. The molecule has 3 rings (SSSR count). The van der Waals surface area contributed by atoms with Crippen molar-refractivity contribution in [2.24, 2.45) is 0 Å². The molecule has 1 amide bonds. The first-order valence-electron chi connectivity index (χ1n) is 8.86. The lowest BCUT2D eigenvalue weighted by molar-refractivity contribution is -0.128. The van der Waals surface area contributed by atoms with Gasteiger partial charge in [-0.25, -0.2) is 0 Å². The van der Waals surface area contributed by atoms with E-state index < -0.39 is 0 Å². The van der Waals surface area contributed by atoms with Crippen LogP contribution in [0.5, 0.6) is 0 Å². The first-order valence-corrected chi connectivity index (χ1v) is 9.24. The van der Waals surface area contributed by atoms with E-state index in [1.165, 1.54) is 25.7 Å². The van der Waals surface area contributed by atoms with Crippen LogP contribution in [0.1, 0.15) is 31.2 Å². The number of benzene rings is 1. The molecule has 0 bridgehead atoms. The van der Waals surface area contributed by atoms with Crippen molar-refractivity contribution < 1.29 is 4.79 Å². The van der Waals surface area contributed by atoms with Crippen LogP contribution in [-0.2, 0) is 4.79 Å². The monoisotopic (exact) mass is 344 g/mol. The standard InChI is InChI=1S/C20H25ClN2O/c21-19-11-5-1-7-17(19)8-2-6-12-20(24)23-15-13-22(14-16-23)18-9-3-4-10-18/h1-2,5-8,11-12,18H,3-4,9-10,13-16H2. The van der Waals surface area contributed by atoms with Crippen molar-refractivity contribution in [2.45, 2.75) is 31.7 Å².